The van der Waals surface area contributed by atoms with Gasteiger partial charge in [0.05, 0.1) is 5.69 Å². The highest BCUT2D eigenvalue weighted by molar-refractivity contribution is 5.95. The maximum Gasteiger partial charge on any atom is 0.422 e. The molecule has 2 N–H and O–H groups in total. The molecule has 1 amide bonds. The van der Waals surface area contributed by atoms with E-state index in [1.165, 1.54) is 30.3 Å². The summed E-state index contributed by atoms with van der Waals surface area (Å²) >= 11 is 0. The van der Waals surface area contributed by atoms with Crippen LogP contribution >= 0.6 is 0 Å². The first-order valence-electron chi connectivity index (χ1n) is 8.00. The molecule has 1 heterocycles. The van der Waals surface area contributed by atoms with Crippen LogP contribution in [0.1, 0.15) is 23.8 Å². The van der Waals surface area contributed by atoms with E-state index in [2.05, 4.69) is 15.0 Å². The van der Waals surface area contributed by atoms with E-state index in [0.29, 0.717) is 11.3 Å². The van der Waals surface area contributed by atoms with Gasteiger partial charge in [-0.25, -0.2) is 9.78 Å². The molecule has 0 bridgehead atoms. The number of carbonyl (C=O) groups excluding carboxylic acids is 1. The highest BCUT2D eigenvalue weighted by Crippen LogP contribution is 2.23. The van der Waals surface area contributed by atoms with Gasteiger partial charge < -0.3 is 15.2 Å². The quantitative estimate of drug-likeness (QED) is 0.767. The molecule has 6 nitrogen and oxygen atoms in total. The predicted molar refractivity (Wildman–Crippen MR) is 90.4 cm³/mol. The van der Waals surface area contributed by atoms with E-state index in [1.807, 2.05) is 0 Å². The van der Waals surface area contributed by atoms with E-state index >= 15 is 0 Å². The van der Waals surface area contributed by atoms with Gasteiger partial charge in [0.15, 0.2) is 6.61 Å². The lowest BCUT2D eigenvalue weighted by molar-refractivity contribution is -0.153. The number of hydrogen-bond acceptors (Lipinski definition) is 4. The second kappa shape index (κ2) is 8.52. The van der Waals surface area contributed by atoms with Crippen LogP contribution < -0.4 is 10.1 Å². The molecule has 0 unspecified atom stereocenters. The SMILES string of the molecule is CC[C@H](NC(=O)c1cccc(-c2ccc(OCC(F)(F)F)cc2)n1)C(=O)O. The van der Waals surface area contributed by atoms with Gasteiger partial charge in [0, 0.05) is 5.56 Å². The molecule has 2 aromatic rings. The number of carbonyl (C=O) groups is 2. The number of alkyl halides is 3. The van der Waals surface area contributed by atoms with E-state index in [1.54, 1.807) is 19.1 Å². The van der Waals surface area contributed by atoms with Crippen molar-refractivity contribution < 1.29 is 32.6 Å². The smallest absolute Gasteiger partial charge is 0.422 e. The van der Waals surface area contributed by atoms with E-state index in [-0.39, 0.29) is 17.9 Å². The third-order valence-corrected chi connectivity index (χ3v) is 3.55. The minimum atomic E-state index is -4.42. The summed E-state index contributed by atoms with van der Waals surface area (Å²) < 4.78 is 41.1. The molecule has 1 aromatic heterocycles. The molecular weight excluding hydrogens is 365 g/mol. The van der Waals surface area contributed by atoms with Gasteiger partial charge >= 0.3 is 12.1 Å². The van der Waals surface area contributed by atoms with Crippen LogP contribution in [-0.4, -0.2) is 40.8 Å². The number of halogens is 3. The van der Waals surface area contributed by atoms with Crippen molar-refractivity contribution in [2.75, 3.05) is 6.61 Å². The Bertz CT molecular complexity index is 807. The Morgan fingerprint density at radius 2 is 1.85 bits per heavy atom. The van der Waals surface area contributed by atoms with Crippen LogP contribution in [0.4, 0.5) is 13.2 Å². The van der Waals surface area contributed by atoms with Gasteiger partial charge in [0.1, 0.15) is 17.5 Å². The average molecular weight is 382 g/mol. The van der Waals surface area contributed by atoms with Crippen LogP contribution in [0.5, 0.6) is 5.75 Å². The molecule has 0 aliphatic rings. The summed E-state index contributed by atoms with van der Waals surface area (Å²) in [6, 6.07) is 9.38. The molecule has 1 atom stereocenters. The van der Waals surface area contributed by atoms with E-state index in [9.17, 15) is 22.8 Å². The Labute approximate surface area is 153 Å². The van der Waals surface area contributed by atoms with Crippen LogP contribution in [0.3, 0.4) is 0 Å². The van der Waals surface area contributed by atoms with Gasteiger partial charge in [-0.1, -0.05) is 13.0 Å². The van der Waals surface area contributed by atoms with Gasteiger partial charge in [-0.3, -0.25) is 4.79 Å². The summed E-state index contributed by atoms with van der Waals surface area (Å²) in [4.78, 5) is 27.4. The first kappa shape index (κ1) is 20.2. The van der Waals surface area contributed by atoms with Gasteiger partial charge in [-0.2, -0.15) is 13.2 Å². The van der Waals surface area contributed by atoms with Crippen molar-refractivity contribution in [2.45, 2.75) is 25.6 Å². The molecule has 1 aromatic carbocycles. The number of amides is 1. The lowest BCUT2D eigenvalue weighted by atomic mass is 10.1. The number of nitrogens with one attached hydrogen (secondary N) is 1. The van der Waals surface area contributed by atoms with Crippen molar-refractivity contribution in [2.24, 2.45) is 0 Å². The van der Waals surface area contributed by atoms with Crippen LogP contribution in [0, 0.1) is 0 Å². The van der Waals surface area contributed by atoms with Crippen molar-refractivity contribution in [1.82, 2.24) is 10.3 Å². The molecule has 144 valence electrons. The van der Waals surface area contributed by atoms with E-state index < -0.39 is 30.7 Å². The molecule has 0 aliphatic carbocycles. The first-order chi connectivity index (χ1) is 12.7. The number of hydrogen-bond donors (Lipinski definition) is 2. The summed E-state index contributed by atoms with van der Waals surface area (Å²) in [6.07, 6.45) is -4.20. The Morgan fingerprint density at radius 3 is 2.41 bits per heavy atom. The standard InChI is InChI=1S/C18H17F3N2O4/c1-2-13(17(25)26)23-16(24)15-5-3-4-14(22-15)11-6-8-12(9-7-11)27-10-18(19,20)21/h3-9,13H,2,10H2,1H3,(H,23,24)(H,25,26)/t13-/m0/s1. The second-order valence-corrected chi connectivity index (χ2v) is 5.61. The molecule has 0 saturated heterocycles. The molecule has 0 aliphatic heterocycles. The number of aliphatic carboxylic acids is 1. The predicted octanol–water partition coefficient (Wildman–Crippen LogP) is 3.28. The summed E-state index contributed by atoms with van der Waals surface area (Å²) in [5, 5.41) is 11.4. The molecule has 0 fully saturated rings. The summed E-state index contributed by atoms with van der Waals surface area (Å²) in [6.45, 7) is 0.244. The molecule has 0 saturated carbocycles. The Morgan fingerprint density at radius 1 is 1.19 bits per heavy atom. The summed E-state index contributed by atoms with van der Waals surface area (Å²) in [5.41, 5.74) is 1.01. The molecular formula is C18H17F3N2O4. The fourth-order valence-electron chi connectivity index (χ4n) is 2.18. The second-order valence-electron chi connectivity index (χ2n) is 5.61. The number of benzene rings is 1. The minimum absolute atomic E-state index is 0.0320. The Kier molecular flexibility index (Phi) is 6.38. The van der Waals surface area contributed by atoms with E-state index in [4.69, 9.17) is 5.11 Å². The third kappa shape index (κ3) is 5.98. The number of aromatic nitrogens is 1. The zero-order chi connectivity index (χ0) is 20.0. The van der Waals surface area contributed by atoms with Crippen LogP contribution in [0.2, 0.25) is 0 Å². The van der Waals surface area contributed by atoms with Crippen molar-refractivity contribution in [3.63, 3.8) is 0 Å². The highest BCUT2D eigenvalue weighted by atomic mass is 19.4. The van der Waals surface area contributed by atoms with Gasteiger partial charge in [0.2, 0.25) is 0 Å². The number of carboxylic acids is 1. The maximum atomic E-state index is 12.2. The van der Waals surface area contributed by atoms with Gasteiger partial charge in [-0.05, 0) is 42.8 Å². The van der Waals surface area contributed by atoms with Gasteiger partial charge in [0.25, 0.3) is 5.91 Å². The number of pyridine rings is 1. The first-order valence-corrected chi connectivity index (χ1v) is 8.00. The molecule has 0 spiro atoms. The average Bonchev–Trinajstić information content (AvgIpc) is 2.64. The van der Waals surface area contributed by atoms with Crippen molar-refractivity contribution in [3.8, 4) is 17.0 Å². The lowest BCUT2D eigenvalue weighted by Gasteiger charge is -2.12. The van der Waals surface area contributed by atoms with Crippen molar-refractivity contribution >= 4 is 11.9 Å². The maximum absolute atomic E-state index is 12.2. The highest BCUT2D eigenvalue weighted by Gasteiger charge is 2.28. The molecule has 27 heavy (non-hydrogen) atoms. The van der Waals surface area contributed by atoms with Crippen molar-refractivity contribution in [1.29, 1.82) is 0 Å². The van der Waals surface area contributed by atoms with Crippen molar-refractivity contribution in [3.05, 3.63) is 48.2 Å². The Hall–Kier alpha value is -3.10. The summed E-state index contributed by atoms with van der Waals surface area (Å²) in [7, 11) is 0. The zero-order valence-corrected chi connectivity index (χ0v) is 14.3. The molecule has 9 heteroatoms. The monoisotopic (exact) mass is 382 g/mol. The topological polar surface area (TPSA) is 88.5 Å². The zero-order valence-electron chi connectivity index (χ0n) is 14.3. The van der Waals surface area contributed by atoms with Crippen LogP contribution in [0.15, 0.2) is 42.5 Å². The van der Waals surface area contributed by atoms with Crippen LogP contribution in [0.25, 0.3) is 11.3 Å². The fraction of sp³-hybridized carbons (Fsp3) is 0.278. The number of ether oxygens (including phenoxy) is 1. The lowest BCUT2D eigenvalue weighted by Crippen LogP contribution is -2.40. The normalized spacial score (nSPS) is 12.3. The summed E-state index contributed by atoms with van der Waals surface area (Å²) in [5.74, 6) is -1.72. The Balaban J connectivity index is 2.12. The number of carboxylic acid groups (broad SMARTS) is 1. The molecule has 2 rings (SSSR count). The largest absolute Gasteiger partial charge is 0.484 e. The number of rotatable bonds is 7. The number of nitrogens with zero attached hydrogens (tertiary/aromatic N) is 1. The minimum Gasteiger partial charge on any atom is -0.484 e. The van der Waals surface area contributed by atoms with Gasteiger partial charge in [-0.15, -0.1) is 0 Å². The third-order valence-electron chi connectivity index (χ3n) is 3.55. The van der Waals surface area contributed by atoms with E-state index in [0.717, 1.165) is 0 Å². The molecule has 0 radical (unpaired) electrons. The van der Waals surface area contributed by atoms with Crippen LogP contribution in [-0.2, 0) is 4.79 Å². The fourth-order valence-corrected chi connectivity index (χ4v) is 2.18.